The summed E-state index contributed by atoms with van der Waals surface area (Å²) in [6.45, 7) is 1.22. The van der Waals surface area contributed by atoms with Gasteiger partial charge in [-0.2, -0.15) is 0 Å². The lowest BCUT2D eigenvalue weighted by Gasteiger charge is -2.13. The molecule has 1 aliphatic rings. The molecule has 1 fully saturated rings. The van der Waals surface area contributed by atoms with E-state index in [1.807, 2.05) is 0 Å². The minimum Gasteiger partial charge on any atom is -0.382 e. The van der Waals surface area contributed by atoms with Crippen LogP contribution in [0.25, 0.3) is 0 Å². The normalized spacial score (nSPS) is 23.4. The van der Waals surface area contributed by atoms with Gasteiger partial charge in [0.05, 0.1) is 25.4 Å². The van der Waals surface area contributed by atoms with Crippen LogP contribution in [0.5, 0.6) is 0 Å². The number of nitrogens with two attached hydrogens (primary N) is 3. The Morgan fingerprint density at radius 3 is 2.79 bits per heavy atom. The lowest BCUT2D eigenvalue weighted by atomic mass is 10.2. The van der Waals surface area contributed by atoms with Crippen LogP contribution in [0.1, 0.15) is 37.2 Å². The molecule has 2 atom stereocenters. The van der Waals surface area contributed by atoms with Crippen LogP contribution in [0.2, 0.25) is 0 Å². The Bertz CT molecular complexity index is 408. The highest BCUT2D eigenvalue weighted by Gasteiger charge is 2.29. The highest BCUT2D eigenvalue weighted by molar-refractivity contribution is 5.36. The van der Waals surface area contributed by atoms with Gasteiger partial charge in [0, 0.05) is 7.11 Å². The second-order valence-electron chi connectivity index (χ2n) is 4.78. The molecule has 0 aromatic carbocycles. The summed E-state index contributed by atoms with van der Waals surface area (Å²) in [6.07, 6.45) is 2.35. The van der Waals surface area contributed by atoms with Gasteiger partial charge in [0.2, 0.25) is 0 Å². The molecule has 0 radical (unpaired) electrons. The zero-order chi connectivity index (χ0) is 13.8. The van der Waals surface area contributed by atoms with Crippen molar-refractivity contribution in [1.29, 1.82) is 0 Å². The molecule has 8 heteroatoms. The third-order valence-corrected chi connectivity index (χ3v) is 3.42. The van der Waals surface area contributed by atoms with Gasteiger partial charge in [-0.05, 0) is 19.3 Å². The molecule has 108 valence electrons. The Hall–Kier alpha value is -1.22. The van der Waals surface area contributed by atoms with Crippen molar-refractivity contribution >= 4 is 5.82 Å². The van der Waals surface area contributed by atoms with E-state index >= 15 is 0 Å². The summed E-state index contributed by atoms with van der Waals surface area (Å²) < 4.78 is 12.4. The molecule has 0 aliphatic heterocycles. The molecule has 1 aromatic heterocycles. The van der Waals surface area contributed by atoms with E-state index in [1.165, 1.54) is 0 Å². The summed E-state index contributed by atoms with van der Waals surface area (Å²) in [7, 11) is 1.66. The number of ether oxygens (including phenoxy) is 2. The first-order valence-electron chi connectivity index (χ1n) is 6.45. The van der Waals surface area contributed by atoms with Gasteiger partial charge in [0.25, 0.3) is 0 Å². The maximum Gasteiger partial charge on any atom is 0.148 e. The van der Waals surface area contributed by atoms with E-state index < -0.39 is 6.17 Å². The van der Waals surface area contributed by atoms with Crippen LogP contribution in [0, 0.1) is 0 Å². The lowest BCUT2D eigenvalue weighted by molar-refractivity contribution is 0.0192. The molecular formula is C11H22N6O2. The molecule has 19 heavy (non-hydrogen) atoms. The van der Waals surface area contributed by atoms with Gasteiger partial charge in [0.1, 0.15) is 17.7 Å². The van der Waals surface area contributed by atoms with Crippen molar-refractivity contribution in [3.8, 4) is 0 Å². The molecule has 6 N–H and O–H groups in total. The van der Waals surface area contributed by atoms with E-state index in [0.717, 1.165) is 19.3 Å². The summed E-state index contributed by atoms with van der Waals surface area (Å²) in [5.74, 6) is 0.456. The van der Waals surface area contributed by atoms with E-state index in [2.05, 4.69) is 10.3 Å². The van der Waals surface area contributed by atoms with Crippen LogP contribution in [0.4, 0.5) is 5.82 Å². The molecule has 0 saturated heterocycles. The van der Waals surface area contributed by atoms with Crippen LogP contribution >= 0.6 is 0 Å². The lowest BCUT2D eigenvalue weighted by Crippen LogP contribution is -2.22. The average Bonchev–Trinajstić information content (AvgIpc) is 2.96. The van der Waals surface area contributed by atoms with Crippen molar-refractivity contribution in [3.05, 3.63) is 5.69 Å². The largest absolute Gasteiger partial charge is 0.382 e. The molecule has 0 spiro atoms. The summed E-state index contributed by atoms with van der Waals surface area (Å²) >= 11 is 0. The fourth-order valence-corrected chi connectivity index (χ4v) is 2.41. The predicted molar refractivity (Wildman–Crippen MR) is 70.1 cm³/mol. The van der Waals surface area contributed by atoms with Gasteiger partial charge in [-0.3, -0.25) is 0 Å². The molecule has 2 rings (SSSR count). The first kappa shape index (κ1) is 14.2. The van der Waals surface area contributed by atoms with Crippen LogP contribution in [0.15, 0.2) is 0 Å². The molecular weight excluding hydrogens is 248 g/mol. The Morgan fingerprint density at radius 2 is 2.16 bits per heavy atom. The fourth-order valence-electron chi connectivity index (χ4n) is 2.41. The van der Waals surface area contributed by atoms with Crippen molar-refractivity contribution in [2.45, 2.75) is 37.6 Å². The molecule has 2 unspecified atom stereocenters. The number of anilines is 1. The number of hydrogen-bond donors (Lipinski definition) is 3. The standard InChI is InChI=1S/C11H22N6O2/c1-18-4-5-19-8-3-2-7(6-8)17-11(14)9(10(12)13)15-16-17/h7-8,10H,2-6,12-14H2,1H3. The third kappa shape index (κ3) is 3.21. The van der Waals surface area contributed by atoms with E-state index in [4.69, 9.17) is 26.7 Å². The summed E-state index contributed by atoms with van der Waals surface area (Å²) in [4.78, 5) is 0. The van der Waals surface area contributed by atoms with Gasteiger partial charge < -0.3 is 26.7 Å². The molecule has 1 aromatic rings. The molecule has 1 heterocycles. The molecule has 8 nitrogen and oxygen atoms in total. The van der Waals surface area contributed by atoms with E-state index in [-0.39, 0.29) is 12.1 Å². The van der Waals surface area contributed by atoms with Crippen molar-refractivity contribution in [3.63, 3.8) is 0 Å². The Morgan fingerprint density at radius 1 is 1.37 bits per heavy atom. The predicted octanol–water partition coefficient (Wildman–Crippen LogP) is -0.467. The molecule has 1 aliphatic carbocycles. The fraction of sp³-hybridized carbons (Fsp3) is 0.818. The van der Waals surface area contributed by atoms with Gasteiger partial charge in [0.15, 0.2) is 0 Å². The highest BCUT2D eigenvalue weighted by atomic mass is 16.5. The second-order valence-corrected chi connectivity index (χ2v) is 4.78. The smallest absolute Gasteiger partial charge is 0.148 e. The van der Waals surface area contributed by atoms with Crippen molar-refractivity contribution in [2.75, 3.05) is 26.1 Å². The van der Waals surface area contributed by atoms with Crippen LogP contribution in [0.3, 0.4) is 0 Å². The zero-order valence-electron chi connectivity index (χ0n) is 11.2. The molecule has 0 amide bonds. The number of methoxy groups -OCH3 is 1. The number of nitrogens with zero attached hydrogens (tertiary/aromatic N) is 3. The van der Waals surface area contributed by atoms with Crippen LogP contribution < -0.4 is 17.2 Å². The van der Waals surface area contributed by atoms with Crippen LogP contribution in [-0.4, -0.2) is 41.4 Å². The van der Waals surface area contributed by atoms with Crippen LogP contribution in [-0.2, 0) is 9.47 Å². The Labute approximate surface area is 112 Å². The summed E-state index contributed by atoms with van der Waals surface area (Å²) in [6, 6.07) is 0.201. The maximum absolute atomic E-state index is 5.97. The highest BCUT2D eigenvalue weighted by Crippen LogP contribution is 2.33. The summed E-state index contributed by atoms with van der Waals surface area (Å²) in [5, 5.41) is 7.99. The summed E-state index contributed by atoms with van der Waals surface area (Å²) in [5.41, 5.74) is 17.6. The number of aromatic nitrogens is 3. The van der Waals surface area contributed by atoms with E-state index in [1.54, 1.807) is 11.8 Å². The van der Waals surface area contributed by atoms with Crippen molar-refractivity contribution in [1.82, 2.24) is 15.0 Å². The molecule has 0 bridgehead atoms. The van der Waals surface area contributed by atoms with Crippen molar-refractivity contribution in [2.24, 2.45) is 11.5 Å². The SMILES string of the molecule is COCCOC1CCC(n2nnc(C(N)N)c2N)C1. The Balaban J connectivity index is 1.93. The topological polar surface area (TPSA) is 127 Å². The monoisotopic (exact) mass is 270 g/mol. The minimum absolute atomic E-state index is 0.201. The van der Waals surface area contributed by atoms with Gasteiger partial charge in [-0.15, -0.1) is 5.10 Å². The second kappa shape index (κ2) is 6.29. The van der Waals surface area contributed by atoms with Gasteiger partial charge >= 0.3 is 0 Å². The van der Waals surface area contributed by atoms with E-state index in [0.29, 0.717) is 24.7 Å². The third-order valence-electron chi connectivity index (χ3n) is 3.42. The van der Waals surface area contributed by atoms with Gasteiger partial charge in [-0.1, -0.05) is 5.21 Å². The number of hydrogen-bond acceptors (Lipinski definition) is 7. The van der Waals surface area contributed by atoms with Crippen molar-refractivity contribution < 1.29 is 9.47 Å². The molecule has 1 saturated carbocycles. The quantitative estimate of drug-likeness (QED) is 0.471. The average molecular weight is 270 g/mol. The number of rotatable bonds is 6. The maximum atomic E-state index is 5.97. The minimum atomic E-state index is -0.691. The zero-order valence-corrected chi connectivity index (χ0v) is 11.2. The number of nitrogen functional groups attached to an aromatic ring is 1. The first-order chi connectivity index (χ1) is 9.13. The van der Waals surface area contributed by atoms with E-state index in [9.17, 15) is 0 Å². The first-order valence-corrected chi connectivity index (χ1v) is 6.45. The Kier molecular flexibility index (Phi) is 4.70. The van der Waals surface area contributed by atoms with Gasteiger partial charge in [-0.25, -0.2) is 4.68 Å².